The van der Waals surface area contributed by atoms with Gasteiger partial charge in [-0.2, -0.15) is 0 Å². The molecule has 0 aromatic rings. The van der Waals surface area contributed by atoms with Crippen molar-refractivity contribution in [2.75, 3.05) is 0 Å². The molecule has 0 aromatic carbocycles. The van der Waals surface area contributed by atoms with Crippen molar-refractivity contribution in [3.63, 3.8) is 0 Å². The summed E-state index contributed by atoms with van der Waals surface area (Å²) in [6.45, 7) is 1.73. The van der Waals surface area contributed by atoms with E-state index in [0.29, 0.717) is 25.7 Å². The first-order valence-corrected chi connectivity index (χ1v) is 8.13. The average Bonchev–Trinajstić information content (AvgIpc) is 2.03. The normalized spacial score (nSPS) is 30.1. The molecule has 0 atom stereocenters. The Balaban J connectivity index is 2.48. The first-order chi connectivity index (χ1) is 5.91. The van der Waals surface area contributed by atoms with Gasteiger partial charge in [0.25, 0.3) is 8.68 Å². The second-order valence-corrected chi connectivity index (χ2v) is 7.65. The topological polar surface area (TPSA) is 74.6 Å². The predicted molar refractivity (Wildman–Crippen MR) is 50.4 cm³/mol. The van der Waals surface area contributed by atoms with E-state index in [0.717, 1.165) is 0 Å². The molecule has 2 N–H and O–H groups in total. The van der Waals surface area contributed by atoms with Crippen LogP contribution in [0.15, 0.2) is 0 Å². The summed E-state index contributed by atoms with van der Waals surface area (Å²) in [5.41, 5.74) is -0.266. The lowest BCUT2D eigenvalue weighted by molar-refractivity contribution is 0.335. The Kier molecular flexibility index (Phi) is 3.57. The lowest BCUT2D eigenvalue weighted by Crippen LogP contribution is -2.20. The molecule has 0 aromatic heterocycles. The van der Waals surface area contributed by atoms with Crippen LogP contribution in [0.1, 0.15) is 25.7 Å². The van der Waals surface area contributed by atoms with Crippen LogP contribution in [-0.2, 0) is 9.03 Å². The molecular weight excluding hydrogens is 207 g/mol. The zero-order chi connectivity index (χ0) is 10.1. The minimum Gasteiger partial charge on any atom is -0.388 e. The fourth-order valence-electron chi connectivity index (χ4n) is 1.82. The van der Waals surface area contributed by atoms with Gasteiger partial charge in [-0.15, -0.1) is 0 Å². The SMILES string of the molecule is C[Si](=O)C1CCC(P(=O)(O)O)CC1. The maximum Gasteiger partial charge on any atom is 0.328 e. The fourth-order valence-corrected chi connectivity index (χ4v) is 3.94. The van der Waals surface area contributed by atoms with E-state index >= 15 is 0 Å². The number of hydrogen-bond donors (Lipinski definition) is 2. The van der Waals surface area contributed by atoms with Crippen molar-refractivity contribution in [3.8, 4) is 0 Å². The van der Waals surface area contributed by atoms with Crippen LogP contribution in [0.4, 0.5) is 0 Å². The number of hydrogen-bond acceptors (Lipinski definition) is 2. The zero-order valence-electron chi connectivity index (χ0n) is 7.64. The molecule has 6 heteroatoms. The Morgan fingerprint density at radius 1 is 1.23 bits per heavy atom. The maximum atomic E-state index is 11.1. The van der Waals surface area contributed by atoms with E-state index in [-0.39, 0.29) is 5.54 Å². The Labute approximate surface area is 79.2 Å². The van der Waals surface area contributed by atoms with E-state index in [1.807, 2.05) is 0 Å². The third kappa shape index (κ3) is 3.09. The quantitative estimate of drug-likeness (QED) is 0.549. The van der Waals surface area contributed by atoms with E-state index in [9.17, 15) is 9.03 Å². The van der Waals surface area contributed by atoms with Gasteiger partial charge in [0, 0.05) is 5.54 Å². The zero-order valence-corrected chi connectivity index (χ0v) is 9.54. The van der Waals surface area contributed by atoms with Crippen LogP contribution < -0.4 is 0 Å². The van der Waals surface area contributed by atoms with Gasteiger partial charge < -0.3 is 14.2 Å². The molecule has 0 amide bonds. The summed E-state index contributed by atoms with van der Waals surface area (Å²) in [4.78, 5) is 17.8. The molecule has 1 saturated carbocycles. The van der Waals surface area contributed by atoms with Crippen molar-refractivity contribution in [2.45, 2.75) is 43.4 Å². The molecule has 1 aliphatic carbocycles. The molecule has 0 radical (unpaired) electrons. The maximum absolute atomic E-state index is 11.1. The summed E-state index contributed by atoms with van der Waals surface area (Å²) >= 11 is 0. The summed E-state index contributed by atoms with van der Waals surface area (Å²) in [7, 11) is -5.39. The molecule has 1 fully saturated rings. The monoisotopic (exact) mass is 222 g/mol. The van der Waals surface area contributed by atoms with Crippen molar-refractivity contribution in [3.05, 3.63) is 0 Å². The highest BCUT2D eigenvalue weighted by Crippen LogP contribution is 2.49. The third-order valence-corrected chi connectivity index (χ3v) is 5.94. The van der Waals surface area contributed by atoms with Gasteiger partial charge >= 0.3 is 7.60 Å². The van der Waals surface area contributed by atoms with Crippen molar-refractivity contribution < 1.29 is 18.8 Å². The molecule has 4 nitrogen and oxygen atoms in total. The first kappa shape index (κ1) is 11.2. The van der Waals surface area contributed by atoms with E-state index in [1.54, 1.807) is 6.55 Å². The van der Waals surface area contributed by atoms with Crippen LogP contribution in [0.25, 0.3) is 0 Å². The molecule has 0 unspecified atom stereocenters. The first-order valence-electron chi connectivity index (χ1n) is 4.47. The molecule has 0 aliphatic heterocycles. The largest absolute Gasteiger partial charge is 0.388 e. The van der Waals surface area contributed by atoms with Crippen molar-refractivity contribution in [2.24, 2.45) is 0 Å². The van der Waals surface area contributed by atoms with Gasteiger partial charge in [-0.25, -0.2) is 0 Å². The summed E-state index contributed by atoms with van der Waals surface area (Å²) in [5.74, 6) is 0. The van der Waals surface area contributed by atoms with Gasteiger partial charge in [0.05, 0.1) is 5.66 Å². The highest BCUT2D eigenvalue weighted by atomic mass is 31.2. The van der Waals surface area contributed by atoms with Gasteiger partial charge in [0.1, 0.15) is 0 Å². The second-order valence-electron chi connectivity index (χ2n) is 3.71. The summed E-state index contributed by atoms with van der Waals surface area (Å²) in [5, 5.41) is 0. The Morgan fingerprint density at radius 2 is 1.69 bits per heavy atom. The Hall–Kier alpha value is 0.167. The average molecular weight is 222 g/mol. The Morgan fingerprint density at radius 3 is 2.00 bits per heavy atom. The van der Waals surface area contributed by atoms with Crippen LogP contribution >= 0.6 is 7.60 Å². The molecule has 0 saturated heterocycles. The van der Waals surface area contributed by atoms with Crippen molar-refractivity contribution >= 4 is 16.3 Å². The van der Waals surface area contributed by atoms with Gasteiger partial charge in [0.2, 0.25) is 0 Å². The van der Waals surface area contributed by atoms with Crippen LogP contribution in [0, 0.1) is 0 Å². The molecule has 1 rings (SSSR count). The molecule has 13 heavy (non-hydrogen) atoms. The summed E-state index contributed by atoms with van der Waals surface area (Å²) in [6.07, 6.45) is 2.48. The van der Waals surface area contributed by atoms with Gasteiger partial charge in [-0.1, -0.05) is 0 Å². The summed E-state index contributed by atoms with van der Waals surface area (Å²) in [6, 6.07) is 0. The fraction of sp³-hybridized carbons (Fsp3) is 1.00. The lowest BCUT2D eigenvalue weighted by Gasteiger charge is -2.26. The van der Waals surface area contributed by atoms with Crippen LogP contribution in [0.5, 0.6) is 0 Å². The van der Waals surface area contributed by atoms with Crippen molar-refractivity contribution in [1.82, 2.24) is 0 Å². The minimum absolute atomic E-state index is 0.216. The van der Waals surface area contributed by atoms with Gasteiger partial charge in [0.15, 0.2) is 0 Å². The van der Waals surface area contributed by atoms with Crippen LogP contribution in [-0.4, -0.2) is 24.1 Å². The molecular formula is C7H15O4PSi. The molecule has 0 heterocycles. The van der Waals surface area contributed by atoms with E-state index in [1.165, 1.54) is 0 Å². The highest BCUT2D eigenvalue weighted by Gasteiger charge is 2.34. The second kappa shape index (κ2) is 4.13. The molecule has 0 bridgehead atoms. The minimum atomic E-state index is -3.89. The molecule has 1 aliphatic rings. The van der Waals surface area contributed by atoms with Crippen molar-refractivity contribution in [1.29, 1.82) is 0 Å². The van der Waals surface area contributed by atoms with E-state index in [2.05, 4.69) is 0 Å². The lowest BCUT2D eigenvalue weighted by atomic mass is 9.99. The third-order valence-electron chi connectivity index (χ3n) is 2.75. The van der Waals surface area contributed by atoms with Crippen LogP contribution in [0.3, 0.4) is 0 Å². The molecule has 76 valence electrons. The van der Waals surface area contributed by atoms with Gasteiger partial charge in [-0.3, -0.25) is 4.57 Å². The Bertz CT molecular complexity index is 241. The van der Waals surface area contributed by atoms with Gasteiger partial charge in [-0.05, 0) is 32.2 Å². The van der Waals surface area contributed by atoms with Crippen LogP contribution in [0.2, 0.25) is 12.1 Å². The smallest absolute Gasteiger partial charge is 0.328 e. The van der Waals surface area contributed by atoms with E-state index in [4.69, 9.17) is 9.79 Å². The predicted octanol–water partition coefficient (Wildman–Crippen LogP) is 1.53. The van der Waals surface area contributed by atoms with E-state index < -0.39 is 21.9 Å². The number of rotatable bonds is 2. The standard InChI is InChI=1S/C7H15O4PSi/c1-13(11)7-4-2-6(3-5-7)12(8,9)10/h6-7H,2-5H2,1H3,(H2,8,9,10). The summed E-state index contributed by atoms with van der Waals surface area (Å²) < 4.78 is 22.0. The molecule has 0 spiro atoms. The highest BCUT2D eigenvalue weighted by molar-refractivity contribution is 7.52.